The van der Waals surface area contributed by atoms with Crippen molar-refractivity contribution in [3.63, 3.8) is 0 Å². The van der Waals surface area contributed by atoms with Gasteiger partial charge in [-0.25, -0.2) is 0 Å². The van der Waals surface area contributed by atoms with Crippen LogP contribution in [-0.2, 0) is 4.79 Å². The summed E-state index contributed by atoms with van der Waals surface area (Å²) in [5, 5.41) is 0. The fourth-order valence-corrected chi connectivity index (χ4v) is 0.964. The molecule has 1 aromatic rings. The van der Waals surface area contributed by atoms with Crippen LogP contribution in [0.5, 0.6) is 5.75 Å². The van der Waals surface area contributed by atoms with Gasteiger partial charge in [0.15, 0.2) is 0 Å². The van der Waals surface area contributed by atoms with E-state index in [9.17, 15) is 13.6 Å². The Kier molecular flexibility index (Phi) is 3.79. The van der Waals surface area contributed by atoms with E-state index in [0.29, 0.717) is 11.8 Å². The Morgan fingerprint density at radius 1 is 1.29 bits per heavy atom. The molecule has 0 N–H and O–H groups in total. The highest BCUT2D eigenvalue weighted by molar-refractivity contribution is 5.75. The molecule has 0 fully saturated rings. The lowest BCUT2D eigenvalue weighted by Crippen LogP contribution is -2.02. The van der Waals surface area contributed by atoms with Gasteiger partial charge in [0.25, 0.3) is 0 Å². The molecular formula is C10H8F2O2. The standard InChI is InChI=1S/C10H8F2O2/c11-10(12)14-9-6-2-1-4-8(9)5-3-7-13/h1-7,10H. The molecule has 0 atom stereocenters. The van der Waals surface area contributed by atoms with E-state index in [-0.39, 0.29) is 5.75 Å². The zero-order valence-corrected chi connectivity index (χ0v) is 7.19. The van der Waals surface area contributed by atoms with Gasteiger partial charge < -0.3 is 4.74 Å². The zero-order chi connectivity index (χ0) is 10.4. The van der Waals surface area contributed by atoms with Crippen LogP contribution in [0.25, 0.3) is 6.08 Å². The Labute approximate surface area is 79.8 Å². The summed E-state index contributed by atoms with van der Waals surface area (Å²) in [4.78, 5) is 10.0. The molecule has 0 aliphatic carbocycles. The third kappa shape index (κ3) is 2.97. The number of ether oxygens (including phenoxy) is 1. The minimum absolute atomic E-state index is 0.0561. The molecule has 2 nitrogen and oxygen atoms in total. The lowest BCUT2D eigenvalue weighted by molar-refractivity contribution is -0.104. The molecule has 0 heterocycles. The Balaban J connectivity index is 2.90. The maximum Gasteiger partial charge on any atom is 0.387 e. The van der Waals surface area contributed by atoms with Crippen LogP contribution < -0.4 is 4.74 Å². The molecule has 0 bridgehead atoms. The number of para-hydroxylation sites is 1. The smallest absolute Gasteiger partial charge is 0.387 e. The molecule has 0 saturated heterocycles. The Bertz CT molecular complexity index is 335. The van der Waals surface area contributed by atoms with Crippen LogP contribution in [0.1, 0.15) is 5.56 Å². The third-order valence-corrected chi connectivity index (χ3v) is 1.49. The molecule has 0 radical (unpaired) electrons. The highest BCUT2D eigenvalue weighted by Gasteiger charge is 2.06. The van der Waals surface area contributed by atoms with Crippen LogP contribution in [0.3, 0.4) is 0 Å². The van der Waals surface area contributed by atoms with Gasteiger partial charge in [-0.15, -0.1) is 0 Å². The van der Waals surface area contributed by atoms with Gasteiger partial charge in [-0.1, -0.05) is 18.2 Å². The van der Waals surface area contributed by atoms with Crippen molar-refractivity contribution in [1.82, 2.24) is 0 Å². The number of carbonyl (C=O) groups is 1. The van der Waals surface area contributed by atoms with E-state index in [1.165, 1.54) is 18.2 Å². The normalized spacial score (nSPS) is 10.8. The molecule has 0 aliphatic heterocycles. The van der Waals surface area contributed by atoms with Crippen molar-refractivity contribution in [2.75, 3.05) is 0 Å². The Morgan fingerprint density at radius 2 is 2.00 bits per heavy atom. The monoisotopic (exact) mass is 198 g/mol. The van der Waals surface area contributed by atoms with Gasteiger partial charge in [-0.2, -0.15) is 8.78 Å². The summed E-state index contributed by atoms with van der Waals surface area (Å²) in [5.74, 6) is 0.0561. The SMILES string of the molecule is O=CC=Cc1ccccc1OC(F)F. The van der Waals surface area contributed by atoms with Crippen molar-refractivity contribution in [3.05, 3.63) is 35.9 Å². The summed E-state index contributed by atoms with van der Waals surface area (Å²) in [6.45, 7) is -2.86. The first-order valence-corrected chi connectivity index (χ1v) is 3.89. The molecule has 0 aromatic heterocycles. The molecule has 0 saturated carbocycles. The molecule has 1 aromatic carbocycles. The highest BCUT2D eigenvalue weighted by atomic mass is 19.3. The van der Waals surface area contributed by atoms with Crippen molar-refractivity contribution in [2.45, 2.75) is 6.61 Å². The number of rotatable bonds is 4. The topological polar surface area (TPSA) is 26.3 Å². The van der Waals surface area contributed by atoms with Gasteiger partial charge in [0.1, 0.15) is 12.0 Å². The number of alkyl halides is 2. The first kappa shape index (κ1) is 10.4. The van der Waals surface area contributed by atoms with Crippen molar-refractivity contribution in [3.8, 4) is 5.75 Å². The molecule has 74 valence electrons. The third-order valence-electron chi connectivity index (χ3n) is 1.49. The second kappa shape index (κ2) is 5.11. The molecule has 0 amide bonds. The molecule has 1 rings (SSSR count). The van der Waals surface area contributed by atoms with Crippen molar-refractivity contribution in [2.24, 2.45) is 0 Å². The molecule has 0 spiro atoms. The van der Waals surface area contributed by atoms with E-state index in [2.05, 4.69) is 4.74 Å². The number of halogens is 2. The average molecular weight is 198 g/mol. The molecule has 0 unspecified atom stereocenters. The second-order valence-corrected chi connectivity index (χ2v) is 2.41. The van der Waals surface area contributed by atoms with Crippen LogP contribution in [0, 0.1) is 0 Å². The fourth-order valence-electron chi connectivity index (χ4n) is 0.964. The number of allylic oxidation sites excluding steroid dienone is 1. The summed E-state index contributed by atoms with van der Waals surface area (Å²) >= 11 is 0. The van der Waals surface area contributed by atoms with Crippen LogP contribution in [-0.4, -0.2) is 12.9 Å². The van der Waals surface area contributed by atoms with Crippen molar-refractivity contribution < 1.29 is 18.3 Å². The number of benzene rings is 1. The lowest BCUT2D eigenvalue weighted by Gasteiger charge is -2.06. The molecule has 0 aliphatic rings. The second-order valence-electron chi connectivity index (χ2n) is 2.41. The highest BCUT2D eigenvalue weighted by Crippen LogP contribution is 2.21. The van der Waals surface area contributed by atoms with Crippen LogP contribution in [0.4, 0.5) is 8.78 Å². The van der Waals surface area contributed by atoms with Crippen molar-refractivity contribution >= 4 is 12.4 Å². The fraction of sp³-hybridized carbons (Fsp3) is 0.100. The number of hydrogen-bond donors (Lipinski definition) is 0. The summed E-state index contributed by atoms with van der Waals surface area (Å²) in [6, 6.07) is 6.24. The average Bonchev–Trinajstić information content (AvgIpc) is 2.16. The van der Waals surface area contributed by atoms with Gasteiger partial charge in [0.2, 0.25) is 0 Å². The van der Waals surface area contributed by atoms with E-state index in [1.807, 2.05) is 0 Å². The molecule has 4 heteroatoms. The molecular weight excluding hydrogens is 190 g/mol. The van der Waals surface area contributed by atoms with Crippen molar-refractivity contribution in [1.29, 1.82) is 0 Å². The summed E-state index contributed by atoms with van der Waals surface area (Å²) in [6.07, 6.45) is 3.19. The van der Waals surface area contributed by atoms with Crippen LogP contribution >= 0.6 is 0 Å². The van der Waals surface area contributed by atoms with E-state index in [0.717, 1.165) is 0 Å². The lowest BCUT2D eigenvalue weighted by atomic mass is 10.2. The maximum atomic E-state index is 11.9. The van der Waals surface area contributed by atoms with E-state index >= 15 is 0 Å². The van der Waals surface area contributed by atoms with Gasteiger partial charge in [-0.3, -0.25) is 4.79 Å². The first-order chi connectivity index (χ1) is 6.74. The predicted octanol–water partition coefficient (Wildman–Crippen LogP) is 2.50. The number of carbonyl (C=O) groups excluding carboxylic acids is 1. The minimum atomic E-state index is -2.86. The minimum Gasteiger partial charge on any atom is -0.434 e. The van der Waals surface area contributed by atoms with E-state index in [4.69, 9.17) is 0 Å². The van der Waals surface area contributed by atoms with E-state index < -0.39 is 6.61 Å². The predicted molar refractivity (Wildman–Crippen MR) is 48.2 cm³/mol. The van der Waals surface area contributed by atoms with Crippen LogP contribution in [0.15, 0.2) is 30.3 Å². The van der Waals surface area contributed by atoms with Gasteiger partial charge >= 0.3 is 6.61 Å². The summed E-state index contributed by atoms with van der Waals surface area (Å²) in [7, 11) is 0. The summed E-state index contributed by atoms with van der Waals surface area (Å²) in [5.41, 5.74) is 0.444. The largest absolute Gasteiger partial charge is 0.434 e. The number of hydrogen-bond acceptors (Lipinski definition) is 2. The first-order valence-electron chi connectivity index (χ1n) is 3.89. The number of aldehydes is 1. The summed E-state index contributed by atoms with van der Waals surface area (Å²) < 4.78 is 28.1. The quantitative estimate of drug-likeness (QED) is 0.548. The molecule has 14 heavy (non-hydrogen) atoms. The zero-order valence-electron chi connectivity index (χ0n) is 7.19. The van der Waals surface area contributed by atoms with Gasteiger partial charge in [-0.05, 0) is 18.2 Å². The van der Waals surface area contributed by atoms with Gasteiger partial charge in [0, 0.05) is 5.56 Å². The van der Waals surface area contributed by atoms with Crippen LogP contribution in [0.2, 0.25) is 0 Å². The van der Waals surface area contributed by atoms with Gasteiger partial charge in [0.05, 0.1) is 0 Å². The maximum absolute atomic E-state index is 11.9. The van der Waals surface area contributed by atoms with E-state index in [1.54, 1.807) is 18.2 Å². The Morgan fingerprint density at radius 3 is 2.64 bits per heavy atom. The Hall–Kier alpha value is -1.71.